The Hall–Kier alpha value is -1.71. The Morgan fingerprint density at radius 1 is 1.18 bits per heavy atom. The maximum atomic E-state index is 11.7. The maximum Gasteiger partial charge on any atom is 0.319 e. The normalized spacial score (nSPS) is 16.5. The number of hydrogen-bond donors (Lipinski definition) is 3. The largest absolute Gasteiger partial charge is 0.506 e. The molecule has 92 valence electrons. The minimum Gasteiger partial charge on any atom is -0.506 e. The summed E-state index contributed by atoms with van der Waals surface area (Å²) in [5.74, 6) is 0.0892. The fourth-order valence-corrected chi connectivity index (χ4v) is 2.17. The van der Waals surface area contributed by atoms with Crippen LogP contribution in [0.3, 0.4) is 0 Å². The number of rotatable bonds is 2. The fraction of sp³-hybridized carbons (Fsp3) is 0.462. The van der Waals surface area contributed by atoms with Crippen LogP contribution in [-0.4, -0.2) is 17.2 Å². The van der Waals surface area contributed by atoms with Crippen LogP contribution in [0.5, 0.6) is 5.75 Å². The number of phenols is 1. The zero-order chi connectivity index (χ0) is 12.1. The van der Waals surface area contributed by atoms with Crippen molar-refractivity contribution >= 4 is 11.7 Å². The van der Waals surface area contributed by atoms with Crippen LogP contribution in [0.25, 0.3) is 0 Å². The molecule has 2 amide bonds. The summed E-state index contributed by atoms with van der Waals surface area (Å²) >= 11 is 0. The Balaban J connectivity index is 1.86. The lowest BCUT2D eigenvalue weighted by Gasteiger charge is -2.22. The van der Waals surface area contributed by atoms with E-state index in [9.17, 15) is 9.90 Å². The molecule has 0 spiro atoms. The van der Waals surface area contributed by atoms with Gasteiger partial charge < -0.3 is 15.7 Å². The molecule has 1 aromatic carbocycles. The Morgan fingerprint density at radius 2 is 1.88 bits per heavy atom. The molecule has 0 aliphatic heterocycles. The molecule has 2 rings (SSSR count). The van der Waals surface area contributed by atoms with Crippen molar-refractivity contribution in [2.45, 2.75) is 38.1 Å². The molecular formula is C13H18N2O2. The van der Waals surface area contributed by atoms with Gasteiger partial charge >= 0.3 is 6.03 Å². The summed E-state index contributed by atoms with van der Waals surface area (Å²) in [6.45, 7) is 0. The van der Waals surface area contributed by atoms with Crippen LogP contribution in [0.4, 0.5) is 10.5 Å². The smallest absolute Gasteiger partial charge is 0.319 e. The molecule has 0 saturated heterocycles. The van der Waals surface area contributed by atoms with E-state index in [4.69, 9.17) is 0 Å². The third-order valence-electron chi connectivity index (χ3n) is 3.09. The van der Waals surface area contributed by atoms with Crippen molar-refractivity contribution < 1.29 is 9.90 Å². The first-order valence-electron chi connectivity index (χ1n) is 6.11. The molecule has 1 saturated carbocycles. The van der Waals surface area contributed by atoms with Gasteiger partial charge in [0.2, 0.25) is 0 Å². The minimum absolute atomic E-state index is 0.0892. The number of nitrogens with one attached hydrogen (secondary N) is 2. The lowest BCUT2D eigenvalue weighted by molar-refractivity contribution is 0.244. The van der Waals surface area contributed by atoms with Crippen LogP contribution in [0.15, 0.2) is 24.3 Å². The average molecular weight is 234 g/mol. The first kappa shape index (κ1) is 11.8. The van der Waals surface area contributed by atoms with E-state index < -0.39 is 0 Å². The molecule has 0 heterocycles. The first-order valence-corrected chi connectivity index (χ1v) is 6.11. The van der Waals surface area contributed by atoms with Gasteiger partial charge in [0.05, 0.1) is 5.69 Å². The second-order valence-corrected chi connectivity index (χ2v) is 4.45. The molecular weight excluding hydrogens is 216 g/mol. The highest BCUT2D eigenvalue weighted by molar-refractivity contribution is 5.90. The quantitative estimate of drug-likeness (QED) is 0.689. The number of carbonyl (C=O) groups excluding carboxylic acids is 1. The van der Waals surface area contributed by atoms with Gasteiger partial charge in [-0.2, -0.15) is 0 Å². The molecule has 1 fully saturated rings. The van der Waals surface area contributed by atoms with Gasteiger partial charge in [-0.05, 0) is 25.0 Å². The number of para-hydroxylation sites is 2. The summed E-state index contributed by atoms with van der Waals surface area (Å²) in [5.41, 5.74) is 0.445. The van der Waals surface area contributed by atoms with Crippen LogP contribution in [0.2, 0.25) is 0 Å². The Morgan fingerprint density at radius 3 is 2.59 bits per heavy atom. The van der Waals surface area contributed by atoms with E-state index in [1.165, 1.54) is 19.3 Å². The summed E-state index contributed by atoms with van der Waals surface area (Å²) in [4.78, 5) is 11.7. The van der Waals surface area contributed by atoms with Gasteiger partial charge in [-0.25, -0.2) is 4.79 Å². The first-order chi connectivity index (χ1) is 8.25. The van der Waals surface area contributed by atoms with Crippen LogP contribution in [0, 0.1) is 0 Å². The van der Waals surface area contributed by atoms with E-state index in [0.717, 1.165) is 12.8 Å². The molecule has 4 nitrogen and oxygen atoms in total. The Labute approximate surface area is 101 Å². The van der Waals surface area contributed by atoms with Crippen LogP contribution in [-0.2, 0) is 0 Å². The van der Waals surface area contributed by atoms with Crippen molar-refractivity contribution in [3.05, 3.63) is 24.3 Å². The third-order valence-corrected chi connectivity index (χ3v) is 3.09. The van der Waals surface area contributed by atoms with Gasteiger partial charge in [-0.15, -0.1) is 0 Å². The van der Waals surface area contributed by atoms with Crippen molar-refractivity contribution in [2.24, 2.45) is 0 Å². The number of benzene rings is 1. The predicted octanol–water partition coefficient (Wildman–Crippen LogP) is 2.85. The van der Waals surface area contributed by atoms with Gasteiger partial charge in [0.25, 0.3) is 0 Å². The summed E-state index contributed by atoms with van der Waals surface area (Å²) in [7, 11) is 0. The Kier molecular flexibility index (Phi) is 3.85. The number of urea groups is 1. The van der Waals surface area contributed by atoms with E-state index >= 15 is 0 Å². The zero-order valence-electron chi connectivity index (χ0n) is 9.78. The van der Waals surface area contributed by atoms with Crippen molar-refractivity contribution in [1.82, 2.24) is 5.32 Å². The highest BCUT2D eigenvalue weighted by Crippen LogP contribution is 2.22. The van der Waals surface area contributed by atoms with E-state index in [2.05, 4.69) is 10.6 Å². The van der Waals surface area contributed by atoms with Gasteiger partial charge in [-0.1, -0.05) is 31.4 Å². The summed E-state index contributed by atoms with van der Waals surface area (Å²) < 4.78 is 0. The molecule has 0 aromatic heterocycles. The molecule has 0 unspecified atom stereocenters. The SMILES string of the molecule is O=C(Nc1ccccc1O)NC1CCCCC1. The average Bonchev–Trinajstić information content (AvgIpc) is 2.33. The van der Waals surface area contributed by atoms with Crippen molar-refractivity contribution in [2.75, 3.05) is 5.32 Å². The van der Waals surface area contributed by atoms with Gasteiger partial charge in [-0.3, -0.25) is 0 Å². The van der Waals surface area contributed by atoms with E-state index in [1.807, 2.05) is 0 Å². The fourth-order valence-electron chi connectivity index (χ4n) is 2.17. The number of carbonyl (C=O) groups is 1. The van der Waals surface area contributed by atoms with E-state index in [0.29, 0.717) is 5.69 Å². The highest BCUT2D eigenvalue weighted by atomic mass is 16.3. The predicted molar refractivity (Wildman–Crippen MR) is 67.1 cm³/mol. The molecule has 1 aliphatic carbocycles. The monoisotopic (exact) mass is 234 g/mol. The van der Waals surface area contributed by atoms with E-state index in [1.54, 1.807) is 24.3 Å². The van der Waals surface area contributed by atoms with E-state index in [-0.39, 0.29) is 17.8 Å². The van der Waals surface area contributed by atoms with Crippen LogP contribution >= 0.6 is 0 Å². The number of amides is 2. The lowest BCUT2D eigenvalue weighted by Crippen LogP contribution is -2.39. The molecule has 3 N–H and O–H groups in total. The maximum absolute atomic E-state index is 11.7. The summed E-state index contributed by atoms with van der Waals surface area (Å²) in [6.07, 6.45) is 5.73. The summed E-state index contributed by atoms with van der Waals surface area (Å²) in [5, 5.41) is 15.1. The zero-order valence-corrected chi connectivity index (χ0v) is 9.78. The molecule has 1 aliphatic rings. The standard InChI is InChI=1S/C13H18N2O2/c16-12-9-5-4-8-11(12)15-13(17)14-10-6-2-1-3-7-10/h4-5,8-10,16H,1-3,6-7H2,(H2,14,15,17). The second kappa shape index (κ2) is 5.57. The molecule has 4 heteroatoms. The van der Waals surface area contributed by atoms with Crippen LogP contribution in [0.1, 0.15) is 32.1 Å². The van der Waals surface area contributed by atoms with Crippen molar-refractivity contribution in [1.29, 1.82) is 0 Å². The molecule has 0 bridgehead atoms. The molecule has 0 atom stereocenters. The topological polar surface area (TPSA) is 61.4 Å². The number of hydrogen-bond acceptors (Lipinski definition) is 2. The number of aromatic hydroxyl groups is 1. The van der Waals surface area contributed by atoms with Crippen LogP contribution < -0.4 is 10.6 Å². The molecule has 0 radical (unpaired) electrons. The second-order valence-electron chi connectivity index (χ2n) is 4.45. The van der Waals surface area contributed by atoms with Gasteiger partial charge in [0.1, 0.15) is 5.75 Å². The molecule has 1 aromatic rings. The van der Waals surface area contributed by atoms with Gasteiger partial charge in [0, 0.05) is 6.04 Å². The Bertz CT molecular complexity index is 387. The minimum atomic E-state index is -0.238. The summed E-state index contributed by atoms with van der Waals surface area (Å²) in [6, 6.07) is 6.76. The number of anilines is 1. The van der Waals surface area contributed by atoms with Crippen molar-refractivity contribution in [3.63, 3.8) is 0 Å². The van der Waals surface area contributed by atoms with Gasteiger partial charge in [0.15, 0.2) is 0 Å². The lowest BCUT2D eigenvalue weighted by atomic mass is 9.96. The number of phenolic OH excluding ortho intramolecular Hbond substituents is 1. The van der Waals surface area contributed by atoms with Crippen molar-refractivity contribution in [3.8, 4) is 5.75 Å². The molecule has 17 heavy (non-hydrogen) atoms. The third kappa shape index (κ3) is 3.37. The highest BCUT2D eigenvalue weighted by Gasteiger charge is 2.15.